The lowest BCUT2D eigenvalue weighted by molar-refractivity contribution is -0.0601. The van der Waals surface area contributed by atoms with Gasteiger partial charge >= 0.3 is 0 Å². The lowest BCUT2D eigenvalue weighted by atomic mass is 9.80. The van der Waals surface area contributed by atoms with Crippen LogP contribution in [-0.2, 0) is 11.3 Å². The van der Waals surface area contributed by atoms with Crippen LogP contribution in [0.5, 0.6) is 0 Å². The molecule has 0 saturated heterocycles. The number of aromatic nitrogens is 2. The third kappa shape index (κ3) is 2.94. The molecule has 1 aromatic heterocycles. The predicted octanol–water partition coefficient (Wildman–Crippen LogP) is 2.68. The molecule has 0 spiro atoms. The second-order valence-corrected chi connectivity index (χ2v) is 6.65. The Morgan fingerprint density at radius 2 is 2.24 bits per heavy atom. The van der Waals surface area contributed by atoms with Crippen molar-refractivity contribution >= 4 is 17.3 Å². The van der Waals surface area contributed by atoms with E-state index in [4.69, 9.17) is 16.3 Å². The molecule has 1 aromatic rings. The van der Waals surface area contributed by atoms with E-state index in [1.54, 1.807) is 13.3 Å². The summed E-state index contributed by atoms with van der Waals surface area (Å²) in [4.78, 5) is 12.5. The highest BCUT2D eigenvalue weighted by Gasteiger charge is 2.37. The van der Waals surface area contributed by atoms with Crippen molar-refractivity contribution in [2.45, 2.75) is 50.7 Å². The lowest BCUT2D eigenvalue weighted by Crippen LogP contribution is -2.46. The van der Waals surface area contributed by atoms with Gasteiger partial charge in [0.05, 0.1) is 16.8 Å². The van der Waals surface area contributed by atoms with Gasteiger partial charge in [0.15, 0.2) is 0 Å². The summed E-state index contributed by atoms with van der Waals surface area (Å²) in [5.41, 5.74) is 0.187. The van der Waals surface area contributed by atoms with Crippen LogP contribution in [0.3, 0.4) is 0 Å². The van der Waals surface area contributed by atoms with Crippen molar-refractivity contribution in [3.05, 3.63) is 21.6 Å². The molecule has 116 valence electrons. The van der Waals surface area contributed by atoms with Gasteiger partial charge in [0.25, 0.3) is 5.56 Å². The fourth-order valence-electron chi connectivity index (χ4n) is 2.95. The van der Waals surface area contributed by atoms with Gasteiger partial charge in [0, 0.05) is 20.2 Å². The fourth-order valence-corrected chi connectivity index (χ4v) is 3.14. The van der Waals surface area contributed by atoms with E-state index < -0.39 is 0 Å². The first-order valence-corrected chi connectivity index (χ1v) is 8.06. The molecule has 0 aliphatic heterocycles. The molecular formula is C15H22ClN3O2. The summed E-state index contributed by atoms with van der Waals surface area (Å²) in [7, 11) is 1.73. The number of ether oxygens (including phenoxy) is 1. The second-order valence-electron chi connectivity index (χ2n) is 6.25. The van der Waals surface area contributed by atoms with Gasteiger partial charge in [-0.15, -0.1) is 0 Å². The van der Waals surface area contributed by atoms with E-state index in [1.165, 1.54) is 30.4 Å². The SMILES string of the molecule is COC1(CNc2c(Cl)cnn(CC3CCC3)c2=O)CCC1. The number of halogens is 1. The zero-order valence-electron chi connectivity index (χ0n) is 12.4. The first-order chi connectivity index (χ1) is 10.1. The molecule has 5 nitrogen and oxygen atoms in total. The standard InChI is InChI=1S/C15H22ClN3O2/c1-21-15(6-3-7-15)10-17-13-12(16)8-18-19(14(13)20)9-11-4-2-5-11/h8,11,17H,2-7,9-10H2,1H3. The molecule has 0 bridgehead atoms. The number of nitrogens with one attached hydrogen (secondary N) is 1. The quantitative estimate of drug-likeness (QED) is 0.877. The van der Waals surface area contributed by atoms with Gasteiger partial charge in [-0.1, -0.05) is 18.0 Å². The van der Waals surface area contributed by atoms with Crippen LogP contribution in [0.4, 0.5) is 5.69 Å². The van der Waals surface area contributed by atoms with Gasteiger partial charge in [-0.2, -0.15) is 5.10 Å². The van der Waals surface area contributed by atoms with Crippen molar-refractivity contribution in [2.24, 2.45) is 5.92 Å². The molecule has 0 radical (unpaired) electrons. The van der Waals surface area contributed by atoms with Crippen LogP contribution in [0.25, 0.3) is 0 Å². The Bertz CT molecular complexity index is 559. The van der Waals surface area contributed by atoms with Gasteiger partial charge in [-0.05, 0) is 38.0 Å². The van der Waals surface area contributed by atoms with Crippen molar-refractivity contribution in [2.75, 3.05) is 19.0 Å². The van der Waals surface area contributed by atoms with Crippen molar-refractivity contribution < 1.29 is 4.74 Å². The maximum Gasteiger partial charge on any atom is 0.291 e. The fraction of sp³-hybridized carbons (Fsp3) is 0.733. The average molecular weight is 312 g/mol. The third-order valence-electron chi connectivity index (χ3n) is 4.94. The Hall–Kier alpha value is -1.07. The molecule has 0 aromatic carbocycles. The highest BCUT2D eigenvalue weighted by Crippen LogP contribution is 2.35. The van der Waals surface area contributed by atoms with Crippen LogP contribution in [0.2, 0.25) is 5.02 Å². The third-order valence-corrected chi connectivity index (χ3v) is 5.23. The number of hydrogen-bond donors (Lipinski definition) is 1. The molecule has 6 heteroatoms. The minimum absolute atomic E-state index is 0.125. The molecule has 0 unspecified atom stereocenters. The largest absolute Gasteiger partial charge is 0.376 e. The molecule has 1 N–H and O–H groups in total. The molecule has 0 atom stereocenters. The molecule has 0 amide bonds. The van der Waals surface area contributed by atoms with E-state index in [0.717, 1.165) is 12.8 Å². The number of rotatable bonds is 6. The van der Waals surface area contributed by atoms with Gasteiger partial charge in [0.2, 0.25) is 0 Å². The molecule has 2 aliphatic rings. The van der Waals surface area contributed by atoms with Crippen LogP contribution in [-0.4, -0.2) is 29.0 Å². The van der Waals surface area contributed by atoms with Crippen LogP contribution >= 0.6 is 11.6 Å². The maximum absolute atomic E-state index is 12.5. The topological polar surface area (TPSA) is 56.1 Å². The number of methoxy groups -OCH3 is 1. The molecule has 2 fully saturated rings. The van der Waals surface area contributed by atoms with E-state index in [1.807, 2.05) is 0 Å². The Morgan fingerprint density at radius 1 is 1.48 bits per heavy atom. The summed E-state index contributed by atoms with van der Waals surface area (Å²) >= 11 is 6.14. The smallest absolute Gasteiger partial charge is 0.291 e. The van der Waals surface area contributed by atoms with Crippen LogP contribution in [0.1, 0.15) is 38.5 Å². The second kappa shape index (κ2) is 5.97. The Labute approximate surface area is 129 Å². The summed E-state index contributed by atoms with van der Waals surface area (Å²) in [5, 5.41) is 7.74. The lowest BCUT2D eigenvalue weighted by Gasteiger charge is -2.40. The van der Waals surface area contributed by atoms with Crippen LogP contribution < -0.4 is 10.9 Å². The molecule has 3 rings (SSSR count). The maximum atomic E-state index is 12.5. The number of nitrogens with zero attached hydrogens (tertiary/aromatic N) is 2. The highest BCUT2D eigenvalue weighted by molar-refractivity contribution is 6.33. The van der Waals surface area contributed by atoms with Crippen molar-refractivity contribution in [1.82, 2.24) is 9.78 Å². The van der Waals surface area contributed by atoms with Crippen molar-refractivity contribution in [3.63, 3.8) is 0 Å². The monoisotopic (exact) mass is 311 g/mol. The van der Waals surface area contributed by atoms with Crippen molar-refractivity contribution in [3.8, 4) is 0 Å². The van der Waals surface area contributed by atoms with Gasteiger partial charge in [0.1, 0.15) is 5.69 Å². The Morgan fingerprint density at radius 3 is 2.76 bits per heavy atom. The minimum Gasteiger partial charge on any atom is -0.376 e. The first-order valence-electron chi connectivity index (χ1n) is 7.68. The van der Waals surface area contributed by atoms with Crippen LogP contribution in [0.15, 0.2) is 11.0 Å². The normalized spacial score (nSPS) is 20.7. The zero-order valence-corrected chi connectivity index (χ0v) is 13.2. The number of hydrogen-bond acceptors (Lipinski definition) is 4. The Kier molecular flexibility index (Phi) is 4.22. The van der Waals surface area contributed by atoms with E-state index in [0.29, 0.717) is 29.7 Å². The van der Waals surface area contributed by atoms with Gasteiger partial charge in [-0.25, -0.2) is 4.68 Å². The summed E-state index contributed by atoms with van der Waals surface area (Å²) < 4.78 is 7.11. The molecule has 1 heterocycles. The van der Waals surface area contributed by atoms with E-state index in [-0.39, 0.29) is 11.2 Å². The molecule has 2 saturated carbocycles. The van der Waals surface area contributed by atoms with Crippen molar-refractivity contribution in [1.29, 1.82) is 0 Å². The van der Waals surface area contributed by atoms with Gasteiger partial charge in [-0.3, -0.25) is 4.79 Å². The van der Waals surface area contributed by atoms with E-state index in [2.05, 4.69) is 10.4 Å². The summed E-state index contributed by atoms with van der Waals surface area (Å²) in [6.07, 6.45) is 8.41. The van der Waals surface area contributed by atoms with E-state index >= 15 is 0 Å². The van der Waals surface area contributed by atoms with Gasteiger partial charge < -0.3 is 10.1 Å². The summed E-state index contributed by atoms with van der Waals surface area (Å²) in [5.74, 6) is 0.584. The summed E-state index contributed by atoms with van der Waals surface area (Å²) in [6.45, 7) is 1.31. The summed E-state index contributed by atoms with van der Waals surface area (Å²) in [6, 6.07) is 0. The van der Waals surface area contributed by atoms with Crippen LogP contribution in [0, 0.1) is 5.92 Å². The zero-order chi connectivity index (χ0) is 14.9. The van der Waals surface area contributed by atoms with E-state index in [9.17, 15) is 4.79 Å². The molecular weight excluding hydrogens is 290 g/mol. The minimum atomic E-state index is -0.141. The average Bonchev–Trinajstić information content (AvgIpc) is 2.38. The molecule has 2 aliphatic carbocycles. The highest BCUT2D eigenvalue weighted by atomic mass is 35.5. The Balaban J connectivity index is 1.73. The molecule has 21 heavy (non-hydrogen) atoms. The predicted molar refractivity (Wildman–Crippen MR) is 82.9 cm³/mol. The number of anilines is 1. The first kappa shape index (κ1) is 14.9.